The minimum Gasteiger partial charge on any atom is -0.477 e. The number of allylic oxidation sites excluding steroid dienone is 2. The standard InChI is InChI=1S/C8H14IN3O/c1-12(2)5-6-13-8-4-3-7(9)10-11-8/h3-4,10-11H,5-6H2,1-2H3. The van der Waals surface area contributed by atoms with E-state index in [0.29, 0.717) is 6.61 Å². The molecule has 0 spiro atoms. The second-order valence-electron chi connectivity index (χ2n) is 2.95. The molecule has 0 atom stereocenters. The molecule has 0 aromatic carbocycles. The highest BCUT2D eigenvalue weighted by molar-refractivity contribution is 14.1. The Hall–Kier alpha value is -0.430. The molecule has 1 rings (SSSR count). The molecule has 13 heavy (non-hydrogen) atoms. The molecule has 0 unspecified atom stereocenters. The van der Waals surface area contributed by atoms with Crippen LogP contribution in [0, 0.1) is 0 Å². The Balaban J connectivity index is 2.22. The van der Waals surface area contributed by atoms with Crippen molar-refractivity contribution in [2.24, 2.45) is 0 Å². The normalized spacial score (nSPS) is 15.7. The minimum atomic E-state index is 0.692. The number of likely N-dealkylation sites (N-methyl/N-ethyl adjacent to an activating group) is 1. The largest absolute Gasteiger partial charge is 0.477 e. The van der Waals surface area contributed by atoms with Crippen LogP contribution >= 0.6 is 22.6 Å². The second-order valence-corrected chi connectivity index (χ2v) is 4.11. The highest BCUT2D eigenvalue weighted by Gasteiger charge is 2.01. The summed E-state index contributed by atoms with van der Waals surface area (Å²) >= 11 is 2.19. The van der Waals surface area contributed by atoms with Crippen LogP contribution in [0.15, 0.2) is 21.7 Å². The summed E-state index contributed by atoms with van der Waals surface area (Å²) in [5, 5.41) is 0. The average molecular weight is 295 g/mol. The molecule has 74 valence electrons. The van der Waals surface area contributed by atoms with Crippen molar-refractivity contribution in [1.82, 2.24) is 15.8 Å². The van der Waals surface area contributed by atoms with E-state index in [2.05, 4.69) is 38.3 Å². The Kier molecular flexibility index (Phi) is 4.37. The van der Waals surface area contributed by atoms with Gasteiger partial charge >= 0.3 is 0 Å². The van der Waals surface area contributed by atoms with Gasteiger partial charge in [-0.2, -0.15) is 0 Å². The first-order valence-electron chi connectivity index (χ1n) is 4.05. The van der Waals surface area contributed by atoms with E-state index in [1.807, 2.05) is 26.2 Å². The van der Waals surface area contributed by atoms with Crippen LogP contribution in [0.3, 0.4) is 0 Å². The highest BCUT2D eigenvalue weighted by Crippen LogP contribution is 2.06. The van der Waals surface area contributed by atoms with Crippen LogP contribution in [0.2, 0.25) is 0 Å². The third-order valence-corrected chi connectivity index (χ3v) is 2.11. The summed E-state index contributed by atoms with van der Waals surface area (Å²) in [6.07, 6.45) is 3.87. The first-order chi connectivity index (χ1) is 6.18. The maximum absolute atomic E-state index is 5.44. The molecule has 0 aliphatic carbocycles. The number of halogens is 1. The van der Waals surface area contributed by atoms with Gasteiger partial charge in [-0.05, 0) is 42.8 Å². The van der Waals surface area contributed by atoms with Gasteiger partial charge in [0.15, 0.2) is 0 Å². The lowest BCUT2D eigenvalue weighted by Gasteiger charge is -2.17. The van der Waals surface area contributed by atoms with Crippen molar-refractivity contribution in [3.8, 4) is 0 Å². The van der Waals surface area contributed by atoms with Gasteiger partial charge < -0.3 is 9.64 Å². The fraction of sp³-hybridized carbons (Fsp3) is 0.500. The Labute approximate surface area is 92.1 Å². The number of nitrogens with one attached hydrogen (secondary N) is 2. The summed E-state index contributed by atoms with van der Waals surface area (Å²) in [5.41, 5.74) is 5.90. The summed E-state index contributed by atoms with van der Waals surface area (Å²) in [4.78, 5) is 2.08. The van der Waals surface area contributed by atoms with Crippen LogP contribution in [0.4, 0.5) is 0 Å². The molecule has 0 saturated heterocycles. The molecule has 1 aliphatic heterocycles. The molecule has 0 amide bonds. The quantitative estimate of drug-likeness (QED) is 0.594. The van der Waals surface area contributed by atoms with Crippen LogP contribution in [0.1, 0.15) is 0 Å². The van der Waals surface area contributed by atoms with Crippen LogP contribution in [0.25, 0.3) is 0 Å². The SMILES string of the molecule is CN(C)CCOC1=CC=C(I)NN1. The lowest BCUT2D eigenvalue weighted by molar-refractivity contribution is 0.161. The van der Waals surface area contributed by atoms with Gasteiger partial charge in [0, 0.05) is 12.6 Å². The molecule has 2 N–H and O–H groups in total. The van der Waals surface area contributed by atoms with Crippen LogP contribution in [-0.2, 0) is 4.74 Å². The van der Waals surface area contributed by atoms with Crippen molar-refractivity contribution in [2.45, 2.75) is 0 Å². The third-order valence-electron chi connectivity index (χ3n) is 1.48. The molecule has 0 bridgehead atoms. The fourth-order valence-corrected chi connectivity index (χ4v) is 1.09. The summed E-state index contributed by atoms with van der Waals surface area (Å²) in [7, 11) is 4.04. The van der Waals surface area contributed by atoms with E-state index in [1.54, 1.807) is 0 Å². The summed E-state index contributed by atoms with van der Waals surface area (Å²) in [6.45, 7) is 1.61. The summed E-state index contributed by atoms with van der Waals surface area (Å²) in [6, 6.07) is 0. The molecule has 0 radical (unpaired) electrons. The van der Waals surface area contributed by atoms with E-state index in [4.69, 9.17) is 4.74 Å². The maximum Gasteiger partial charge on any atom is 0.205 e. The number of hydrogen-bond acceptors (Lipinski definition) is 4. The lowest BCUT2D eigenvalue weighted by Crippen LogP contribution is -2.32. The van der Waals surface area contributed by atoms with E-state index in [9.17, 15) is 0 Å². The molecule has 1 heterocycles. The Morgan fingerprint density at radius 3 is 2.69 bits per heavy atom. The Morgan fingerprint density at radius 1 is 1.38 bits per heavy atom. The molecular formula is C8H14IN3O. The first kappa shape index (κ1) is 10.6. The molecule has 0 saturated carbocycles. The van der Waals surface area contributed by atoms with Crippen molar-refractivity contribution in [3.05, 3.63) is 21.7 Å². The Bertz CT molecular complexity index is 225. The van der Waals surface area contributed by atoms with Crippen LogP contribution in [0.5, 0.6) is 0 Å². The smallest absolute Gasteiger partial charge is 0.205 e. The molecule has 0 fully saturated rings. The van der Waals surface area contributed by atoms with Gasteiger partial charge in [-0.1, -0.05) is 0 Å². The molecular weight excluding hydrogens is 281 g/mol. The predicted molar refractivity (Wildman–Crippen MR) is 61.0 cm³/mol. The zero-order valence-corrected chi connectivity index (χ0v) is 9.96. The minimum absolute atomic E-state index is 0.692. The topological polar surface area (TPSA) is 36.5 Å². The van der Waals surface area contributed by atoms with E-state index < -0.39 is 0 Å². The van der Waals surface area contributed by atoms with E-state index in [-0.39, 0.29) is 0 Å². The maximum atomic E-state index is 5.44. The number of hydrazine groups is 1. The van der Waals surface area contributed by atoms with Crippen LogP contribution < -0.4 is 10.9 Å². The van der Waals surface area contributed by atoms with Gasteiger partial charge in [0.1, 0.15) is 6.61 Å². The number of ether oxygens (including phenoxy) is 1. The van der Waals surface area contributed by atoms with Crippen molar-refractivity contribution in [3.63, 3.8) is 0 Å². The molecule has 5 heteroatoms. The monoisotopic (exact) mass is 295 g/mol. The zero-order chi connectivity index (χ0) is 9.68. The molecule has 1 aliphatic rings. The van der Waals surface area contributed by atoms with Gasteiger partial charge in [-0.3, -0.25) is 10.9 Å². The summed E-state index contributed by atoms with van der Waals surface area (Å²) in [5.74, 6) is 0.766. The summed E-state index contributed by atoms with van der Waals surface area (Å²) < 4.78 is 6.49. The van der Waals surface area contributed by atoms with Gasteiger partial charge in [0.25, 0.3) is 0 Å². The highest BCUT2D eigenvalue weighted by atomic mass is 127. The van der Waals surface area contributed by atoms with Gasteiger partial charge in [-0.15, -0.1) is 0 Å². The van der Waals surface area contributed by atoms with Crippen molar-refractivity contribution < 1.29 is 4.74 Å². The van der Waals surface area contributed by atoms with E-state index >= 15 is 0 Å². The third kappa shape index (κ3) is 4.37. The van der Waals surface area contributed by atoms with E-state index in [0.717, 1.165) is 16.1 Å². The first-order valence-corrected chi connectivity index (χ1v) is 5.13. The Morgan fingerprint density at radius 2 is 2.15 bits per heavy atom. The fourth-order valence-electron chi connectivity index (χ4n) is 0.776. The van der Waals surface area contributed by atoms with Crippen LogP contribution in [-0.4, -0.2) is 32.1 Å². The van der Waals surface area contributed by atoms with Gasteiger partial charge in [0.2, 0.25) is 5.88 Å². The van der Waals surface area contributed by atoms with Gasteiger partial charge in [-0.25, -0.2) is 0 Å². The van der Waals surface area contributed by atoms with Crippen molar-refractivity contribution >= 4 is 22.6 Å². The number of nitrogens with zero attached hydrogens (tertiary/aromatic N) is 1. The number of rotatable bonds is 4. The lowest BCUT2D eigenvalue weighted by atomic mass is 10.5. The number of hydrogen-bond donors (Lipinski definition) is 2. The average Bonchev–Trinajstić information content (AvgIpc) is 2.08. The predicted octanol–water partition coefficient (Wildman–Crippen LogP) is 0.790. The molecule has 4 nitrogen and oxygen atoms in total. The molecule has 0 aromatic heterocycles. The second kappa shape index (κ2) is 5.33. The molecule has 0 aromatic rings. The van der Waals surface area contributed by atoms with Crippen molar-refractivity contribution in [1.29, 1.82) is 0 Å². The zero-order valence-electron chi connectivity index (χ0n) is 7.80. The van der Waals surface area contributed by atoms with Crippen molar-refractivity contribution in [2.75, 3.05) is 27.2 Å². The van der Waals surface area contributed by atoms with Gasteiger partial charge in [0.05, 0.1) is 3.70 Å². The van der Waals surface area contributed by atoms with E-state index in [1.165, 1.54) is 0 Å².